The van der Waals surface area contributed by atoms with Crippen molar-refractivity contribution in [2.24, 2.45) is 0 Å². The second-order valence-electron chi connectivity index (χ2n) is 6.62. The summed E-state index contributed by atoms with van der Waals surface area (Å²) in [5.41, 5.74) is 1.04. The third-order valence-electron chi connectivity index (χ3n) is 3.86. The van der Waals surface area contributed by atoms with Crippen molar-refractivity contribution < 1.29 is 19.0 Å². The van der Waals surface area contributed by atoms with Crippen LogP contribution in [0.3, 0.4) is 0 Å². The molecule has 0 heterocycles. The van der Waals surface area contributed by atoms with Crippen molar-refractivity contribution in [1.82, 2.24) is 0 Å². The molecule has 0 radical (unpaired) electrons. The van der Waals surface area contributed by atoms with Gasteiger partial charge in [0.1, 0.15) is 18.1 Å². The highest BCUT2D eigenvalue weighted by Gasteiger charge is 2.22. The topological polar surface area (TPSA) is 44.8 Å². The van der Waals surface area contributed by atoms with Crippen LogP contribution in [0.15, 0.2) is 48.5 Å². The standard InChI is InChI=1S/C22H27ClO4/c1-4-5-6-21(22(24)26-16(2)3)27-20-13-11-19(12-14-20)25-15-17-7-9-18(23)10-8-17/h7-14,16,21H,4-6,15H2,1-3H3. The van der Waals surface area contributed by atoms with Gasteiger partial charge in [-0.05, 0) is 68.7 Å². The fourth-order valence-electron chi connectivity index (χ4n) is 2.45. The Morgan fingerprint density at radius 1 is 1.00 bits per heavy atom. The molecule has 146 valence electrons. The summed E-state index contributed by atoms with van der Waals surface area (Å²) in [4.78, 5) is 12.2. The highest BCUT2D eigenvalue weighted by Crippen LogP contribution is 2.22. The van der Waals surface area contributed by atoms with Crippen molar-refractivity contribution in [3.05, 3.63) is 59.1 Å². The van der Waals surface area contributed by atoms with Gasteiger partial charge < -0.3 is 14.2 Å². The van der Waals surface area contributed by atoms with Gasteiger partial charge in [-0.25, -0.2) is 4.79 Å². The van der Waals surface area contributed by atoms with Gasteiger partial charge in [-0.1, -0.05) is 37.1 Å². The van der Waals surface area contributed by atoms with Crippen LogP contribution in [-0.2, 0) is 16.1 Å². The fourth-order valence-corrected chi connectivity index (χ4v) is 2.57. The molecule has 2 rings (SSSR count). The van der Waals surface area contributed by atoms with Crippen LogP contribution in [-0.4, -0.2) is 18.2 Å². The minimum atomic E-state index is -0.590. The summed E-state index contributed by atoms with van der Waals surface area (Å²) in [6.07, 6.45) is 1.78. The van der Waals surface area contributed by atoms with E-state index in [1.807, 2.05) is 50.2 Å². The van der Waals surface area contributed by atoms with Crippen LogP contribution in [0.2, 0.25) is 5.02 Å². The first-order valence-electron chi connectivity index (χ1n) is 9.32. The minimum Gasteiger partial charge on any atom is -0.489 e. The molecule has 0 saturated carbocycles. The molecule has 0 fully saturated rings. The second kappa shape index (κ2) is 10.8. The van der Waals surface area contributed by atoms with Gasteiger partial charge in [0.05, 0.1) is 6.10 Å². The van der Waals surface area contributed by atoms with Crippen LogP contribution >= 0.6 is 11.6 Å². The monoisotopic (exact) mass is 390 g/mol. The lowest BCUT2D eigenvalue weighted by atomic mass is 10.1. The van der Waals surface area contributed by atoms with Gasteiger partial charge in [-0.15, -0.1) is 0 Å². The average molecular weight is 391 g/mol. The van der Waals surface area contributed by atoms with E-state index in [-0.39, 0.29) is 12.1 Å². The number of halogens is 1. The lowest BCUT2D eigenvalue weighted by Crippen LogP contribution is -2.31. The number of hydrogen-bond donors (Lipinski definition) is 0. The van der Waals surface area contributed by atoms with E-state index in [4.69, 9.17) is 25.8 Å². The molecule has 27 heavy (non-hydrogen) atoms. The Hall–Kier alpha value is -2.20. The Morgan fingerprint density at radius 2 is 1.63 bits per heavy atom. The number of hydrogen-bond acceptors (Lipinski definition) is 4. The summed E-state index contributed by atoms with van der Waals surface area (Å²) >= 11 is 5.88. The van der Waals surface area contributed by atoms with Crippen LogP contribution in [0.4, 0.5) is 0 Å². The number of rotatable bonds is 10. The van der Waals surface area contributed by atoms with Gasteiger partial charge in [0.2, 0.25) is 0 Å². The molecule has 0 amide bonds. The zero-order valence-electron chi connectivity index (χ0n) is 16.1. The molecule has 2 aromatic carbocycles. The Labute approximate surface area is 166 Å². The predicted molar refractivity (Wildman–Crippen MR) is 107 cm³/mol. The number of ether oxygens (including phenoxy) is 3. The molecule has 1 unspecified atom stereocenters. The molecule has 5 heteroatoms. The number of unbranched alkanes of at least 4 members (excludes halogenated alkanes) is 1. The Balaban J connectivity index is 1.93. The third-order valence-corrected chi connectivity index (χ3v) is 4.11. The van der Waals surface area contributed by atoms with Crippen molar-refractivity contribution in [3.8, 4) is 11.5 Å². The quantitative estimate of drug-likeness (QED) is 0.480. The van der Waals surface area contributed by atoms with E-state index in [1.165, 1.54) is 0 Å². The first-order chi connectivity index (χ1) is 13.0. The van der Waals surface area contributed by atoms with E-state index in [1.54, 1.807) is 12.1 Å². The van der Waals surface area contributed by atoms with Gasteiger partial charge in [0.15, 0.2) is 6.10 Å². The Kier molecular flexibility index (Phi) is 8.46. The zero-order valence-corrected chi connectivity index (χ0v) is 16.9. The van der Waals surface area contributed by atoms with E-state index in [2.05, 4.69) is 6.92 Å². The molecule has 1 atom stereocenters. The van der Waals surface area contributed by atoms with Crippen LogP contribution in [0.5, 0.6) is 11.5 Å². The smallest absolute Gasteiger partial charge is 0.347 e. The highest BCUT2D eigenvalue weighted by molar-refractivity contribution is 6.30. The maximum absolute atomic E-state index is 12.2. The Morgan fingerprint density at radius 3 is 2.22 bits per heavy atom. The van der Waals surface area contributed by atoms with E-state index in [0.717, 1.165) is 24.2 Å². The van der Waals surface area contributed by atoms with Crippen LogP contribution < -0.4 is 9.47 Å². The zero-order chi connectivity index (χ0) is 19.6. The maximum atomic E-state index is 12.2. The van der Waals surface area contributed by atoms with Crippen molar-refractivity contribution >= 4 is 17.6 Å². The number of carbonyl (C=O) groups excluding carboxylic acids is 1. The SMILES string of the molecule is CCCCC(Oc1ccc(OCc2ccc(Cl)cc2)cc1)C(=O)OC(C)C. The highest BCUT2D eigenvalue weighted by atomic mass is 35.5. The van der Waals surface area contributed by atoms with Crippen molar-refractivity contribution in [2.45, 2.75) is 58.8 Å². The molecule has 0 aliphatic heterocycles. The lowest BCUT2D eigenvalue weighted by Gasteiger charge is -2.19. The third kappa shape index (κ3) is 7.51. The largest absolute Gasteiger partial charge is 0.489 e. The molecule has 0 aliphatic rings. The van der Waals surface area contributed by atoms with Gasteiger partial charge in [0.25, 0.3) is 0 Å². The second-order valence-corrected chi connectivity index (χ2v) is 7.06. The van der Waals surface area contributed by atoms with Crippen LogP contribution in [0.25, 0.3) is 0 Å². The summed E-state index contributed by atoms with van der Waals surface area (Å²) in [6, 6.07) is 14.8. The van der Waals surface area contributed by atoms with E-state index >= 15 is 0 Å². The molecule has 4 nitrogen and oxygen atoms in total. The molecular weight excluding hydrogens is 364 g/mol. The van der Waals surface area contributed by atoms with Crippen molar-refractivity contribution in [2.75, 3.05) is 0 Å². The first-order valence-corrected chi connectivity index (χ1v) is 9.70. The predicted octanol–water partition coefficient (Wildman–Crippen LogP) is 5.81. The van der Waals surface area contributed by atoms with E-state index < -0.39 is 6.10 Å². The fraction of sp³-hybridized carbons (Fsp3) is 0.409. The normalized spacial score (nSPS) is 11.9. The molecular formula is C22H27ClO4. The summed E-state index contributed by atoms with van der Waals surface area (Å²) in [5, 5.41) is 0.703. The molecule has 0 spiro atoms. The Bertz CT molecular complexity index is 695. The van der Waals surface area contributed by atoms with E-state index in [9.17, 15) is 4.79 Å². The van der Waals surface area contributed by atoms with Crippen LogP contribution in [0.1, 0.15) is 45.6 Å². The summed E-state index contributed by atoms with van der Waals surface area (Å²) < 4.78 is 16.9. The van der Waals surface area contributed by atoms with Gasteiger partial charge in [-0.2, -0.15) is 0 Å². The lowest BCUT2D eigenvalue weighted by molar-refractivity contribution is -0.156. The van der Waals surface area contributed by atoms with E-state index in [0.29, 0.717) is 23.8 Å². The number of benzene rings is 2. The molecule has 2 aromatic rings. The first kappa shape index (κ1) is 21.1. The molecule has 0 bridgehead atoms. The van der Waals surface area contributed by atoms with Gasteiger partial charge in [-0.3, -0.25) is 0 Å². The molecule has 0 aromatic heterocycles. The van der Waals surface area contributed by atoms with Gasteiger partial charge in [0, 0.05) is 5.02 Å². The maximum Gasteiger partial charge on any atom is 0.347 e. The summed E-state index contributed by atoms with van der Waals surface area (Å²) in [5.74, 6) is 1.03. The summed E-state index contributed by atoms with van der Waals surface area (Å²) in [6.45, 7) is 6.21. The number of esters is 1. The molecule has 0 aliphatic carbocycles. The van der Waals surface area contributed by atoms with Crippen molar-refractivity contribution in [1.29, 1.82) is 0 Å². The van der Waals surface area contributed by atoms with Crippen LogP contribution in [0, 0.1) is 0 Å². The summed E-state index contributed by atoms with van der Waals surface area (Å²) in [7, 11) is 0. The molecule has 0 N–H and O–H groups in total. The van der Waals surface area contributed by atoms with Crippen molar-refractivity contribution in [3.63, 3.8) is 0 Å². The van der Waals surface area contributed by atoms with Gasteiger partial charge >= 0.3 is 5.97 Å². The minimum absolute atomic E-state index is 0.158. The molecule has 0 saturated heterocycles. The average Bonchev–Trinajstić information content (AvgIpc) is 2.65. The number of carbonyl (C=O) groups is 1.